The van der Waals surface area contributed by atoms with E-state index in [2.05, 4.69) is 22.5 Å². The first-order valence-corrected chi connectivity index (χ1v) is 11.4. The number of anilines is 2. The minimum atomic E-state index is -4.46. The summed E-state index contributed by atoms with van der Waals surface area (Å²) in [7, 11) is -0.891. The Bertz CT molecular complexity index is 1360. The van der Waals surface area contributed by atoms with Crippen LogP contribution in [0, 0.1) is 11.8 Å². The van der Waals surface area contributed by atoms with Crippen molar-refractivity contribution in [3.05, 3.63) is 47.1 Å². The number of ether oxygens (including phenoxy) is 1. The molecule has 0 saturated carbocycles. The third kappa shape index (κ3) is 5.84. The van der Waals surface area contributed by atoms with E-state index in [1.165, 1.54) is 31.4 Å². The Labute approximate surface area is 193 Å². The highest BCUT2D eigenvalue weighted by Crippen LogP contribution is 2.33. The lowest BCUT2D eigenvalue weighted by Gasteiger charge is -2.12. The molecule has 2 aromatic carbocycles. The highest BCUT2D eigenvalue weighted by atomic mass is 35.5. The number of sulfonamides is 1. The smallest absolute Gasteiger partial charge is 0.406 e. The molecular formula is C21H20ClF3N4O3S. The predicted molar refractivity (Wildman–Crippen MR) is 122 cm³/mol. The second kappa shape index (κ2) is 9.43. The average Bonchev–Trinajstić information content (AvgIpc) is 3.05. The molecule has 0 bridgehead atoms. The van der Waals surface area contributed by atoms with Gasteiger partial charge in [-0.05, 0) is 36.3 Å². The third-order valence-electron chi connectivity index (χ3n) is 4.68. The highest BCUT2D eigenvalue weighted by molar-refractivity contribution is 7.89. The van der Waals surface area contributed by atoms with Gasteiger partial charge in [0.05, 0.1) is 35.4 Å². The van der Waals surface area contributed by atoms with Gasteiger partial charge in [-0.1, -0.05) is 17.5 Å². The molecule has 7 nitrogen and oxygen atoms in total. The van der Waals surface area contributed by atoms with E-state index < -0.39 is 22.7 Å². The lowest BCUT2D eigenvalue weighted by Crippen LogP contribution is -2.18. The topological polar surface area (TPSA) is 98.4 Å². The molecule has 176 valence electrons. The predicted octanol–water partition coefficient (Wildman–Crippen LogP) is 4.02. The van der Waals surface area contributed by atoms with Crippen molar-refractivity contribution in [3.8, 4) is 17.6 Å². The summed E-state index contributed by atoms with van der Waals surface area (Å²) in [4.78, 5) is -0.119. The van der Waals surface area contributed by atoms with Crippen molar-refractivity contribution in [1.82, 2.24) is 4.57 Å². The van der Waals surface area contributed by atoms with Gasteiger partial charge in [-0.25, -0.2) is 13.6 Å². The number of hydrogen-bond donors (Lipinski definition) is 3. The third-order valence-corrected chi connectivity index (χ3v) is 5.81. The molecule has 3 rings (SSSR count). The molecule has 0 aliphatic heterocycles. The van der Waals surface area contributed by atoms with Crippen LogP contribution in [0.1, 0.15) is 5.69 Å². The average molecular weight is 501 g/mol. The number of nitrogens with zero attached hydrogens (tertiary/aromatic N) is 1. The van der Waals surface area contributed by atoms with Crippen LogP contribution >= 0.6 is 11.6 Å². The van der Waals surface area contributed by atoms with E-state index in [-0.39, 0.29) is 22.9 Å². The van der Waals surface area contributed by atoms with E-state index >= 15 is 0 Å². The Balaban J connectivity index is 1.92. The zero-order valence-corrected chi connectivity index (χ0v) is 19.1. The zero-order chi connectivity index (χ0) is 24.4. The minimum absolute atomic E-state index is 0.0538. The Morgan fingerprint density at radius 3 is 2.52 bits per heavy atom. The maximum Gasteiger partial charge on any atom is 0.406 e. The second-order valence-electron chi connectivity index (χ2n) is 6.93. The van der Waals surface area contributed by atoms with Gasteiger partial charge in [0.1, 0.15) is 12.3 Å². The summed E-state index contributed by atoms with van der Waals surface area (Å²) >= 11 is 6.08. The lowest BCUT2D eigenvalue weighted by atomic mass is 10.2. The largest absolute Gasteiger partial charge is 0.495 e. The first-order valence-electron chi connectivity index (χ1n) is 9.44. The summed E-state index contributed by atoms with van der Waals surface area (Å²) in [6.07, 6.45) is -4.46. The van der Waals surface area contributed by atoms with Gasteiger partial charge >= 0.3 is 6.18 Å². The molecule has 0 radical (unpaired) electrons. The van der Waals surface area contributed by atoms with Crippen LogP contribution in [0.15, 0.2) is 41.3 Å². The number of fused-ring (bicyclic) bond motifs is 1. The number of aromatic nitrogens is 1. The summed E-state index contributed by atoms with van der Waals surface area (Å²) in [5.41, 5.74) is 1.50. The van der Waals surface area contributed by atoms with Crippen LogP contribution < -0.4 is 20.5 Å². The van der Waals surface area contributed by atoms with Gasteiger partial charge in [-0.15, -0.1) is 0 Å². The Kier molecular flexibility index (Phi) is 7.02. The van der Waals surface area contributed by atoms with Crippen molar-refractivity contribution in [1.29, 1.82) is 0 Å². The monoisotopic (exact) mass is 500 g/mol. The number of methoxy groups -OCH3 is 1. The van der Waals surface area contributed by atoms with Crippen LogP contribution in [0.4, 0.5) is 24.5 Å². The van der Waals surface area contributed by atoms with E-state index in [4.69, 9.17) is 21.5 Å². The quantitative estimate of drug-likeness (QED) is 0.444. The van der Waals surface area contributed by atoms with Gasteiger partial charge in [-0.2, -0.15) is 13.2 Å². The SMILES string of the molecule is CNc1cc(Cl)cc2c1cc(C#CCNc1ccc(S(N)(=O)=O)cc1OC)n2CC(F)(F)F. The van der Waals surface area contributed by atoms with Gasteiger partial charge < -0.3 is 19.9 Å². The van der Waals surface area contributed by atoms with E-state index in [0.29, 0.717) is 27.3 Å². The molecule has 0 atom stereocenters. The van der Waals surface area contributed by atoms with Crippen molar-refractivity contribution >= 4 is 43.9 Å². The van der Waals surface area contributed by atoms with Crippen LogP contribution in [0.5, 0.6) is 5.75 Å². The van der Waals surface area contributed by atoms with Gasteiger partial charge in [-0.3, -0.25) is 0 Å². The number of alkyl halides is 3. The number of nitrogens with one attached hydrogen (secondary N) is 2. The van der Waals surface area contributed by atoms with E-state index in [1.54, 1.807) is 19.2 Å². The van der Waals surface area contributed by atoms with Crippen molar-refractivity contribution in [2.75, 3.05) is 31.3 Å². The summed E-state index contributed by atoms with van der Waals surface area (Å²) in [6, 6.07) is 8.68. The molecule has 0 aliphatic carbocycles. The van der Waals surface area contributed by atoms with Gasteiger partial charge in [0.2, 0.25) is 10.0 Å². The first kappa shape index (κ1) is 24.6. The Morgan fingerprint density at radius 1 is 1.18 bits per heavy atom. The van der Waals surface area contributed by atoms with Crippen LogP contribution in [0.3, 0.4) is 0 Å². The van der Waals surface area contributed by atoms with Gasteiger partial charge in [0.15, 0.2) is 0 Å². The maximum atomic E-state index is 13.2. The van der Waals surface area contributed by atoms with E-state index in [0.717, 1.165) is 4.57 Å². The first-order chi connectivity index (χ1) is 15.4. The molecule has 33 heavy (non-hydrogen) atoms. The van der Waals surface area contributed by atoms with E-state index in [9.17, 15) is 21.6 Å². The molecule has 12 heteroatoms. The Morgan fingerprint density at radius 2 is 1.91 bits per heavy atom. The zero-order valence-electron chi connectivity index (χ0n) is 17.5. The number of rotatable bonds is 6. The molecule has 3 aromatic rings. The molecular weight excluding hydrogens is 481 g/mol. The fourth-order valence-electron chi connectivity index (χ4n) is 3.25. The number of halogens is 4. The molecule has 0 aliphatic rings. The van der Waals surface area contributed by atoms with Crippen LogP contribution in [0.2, 0.25) is 5.02 Å². The summed E-state index contributed by atoms with van der Waals surface area (Å²) in [6.45, 7) is -1.17. The van der Waals surface area contributed by atoms with Gasteiger partial charge in [0.25, 0.3) is 0 Å². The lowest BCUT2D eigenvalue weighted by molar-refractivity contribution is -0.140. The molecule has 0 fully saturated rings. The Hall–Kier alpha value is -3.07. The molecule has 0 spiro atoms. The summed E-state index contributed by atoms with van der Waals surface area (Å²) in [5.74, 6) is 5.77. The standard InChI is InChI=1S/C21H20ClF3N4O3S/c1-27-18-8-13(22)9-19-16(18)10-14(29(19)12-21(23,24)25)4-3-7-28-17-6-5-15(33(26,30)31)11-20(17)32-2/h5-6,8-11,27-28H,7,12H2,1-2H3,(H2,26,30,31). The molecule has 1 heterocycles. The van der Waals surface area contributed by atoms with Crippen molar-refractivity contribution in [2.24, 2.45) is 5.14 Å². The fraction of sp³-hybridized carbons (Fsp3) is 0.238. The minimum Gasteiger partial charge on any atom is -0.495 e. The summed E-state index contributed by atoms with van der Waals surface area (Å²) < 4.78 is 68.9. The molecule has 4 N–H and O–H groups in total. The van der Waals surface area contributed by atoms with Gasteiger partial charge in [0, 0.05) is 29.2 Å². The fourth-order valence-corrected chi connectivity index (χ4v) is 3.99. The number of hydrogen-bond acceptors (Lipinski definition) is 5. The number of benzene rings is 2. The number of nitrogens with two attached hydrogens (primary N) is 1. The maximum absolute atomic E-state index is 13.2. The van der Waals surface area contributed by atoms with E-state index in [1.807, 2.05) is 0 Å². The highest BCUT2D eigenvalue weighted by Gasteiger charge is 2.30. The van der Waals surface area contributed by atoms with Crippen molar-refractivity contribution < 1.29 is 26.3 Å². The molecule has 0 saturated heterocycles. The summed E-state index contributed by atoms with van der Waals surface area (Å²) in [5, 5.41) is 11.8. The van der Waals surface area contributed by atoms with Crippen molar-refractivity contribution in [3.63, 3.8) is 0 Å². The molecule has 0 amide bonds. The second-order valence-corrected chi connectivity index (χ2v) is 8.93. The normalized spacial score (nSPS) is 11.7. The van der Waals surface area contributed by atoms with Crippen LogP contribution in [0.25, 0.3) is 10.9 Å². The molecule has 0 unspecified atom stereocenters. The van der Waals surface area contributed by atoms with Crippen molar-refractivity contribution in [2.45, 2.75) is 17.6 Å². The molecule has 1 aromatic heterocycles. The van der Waals surface area contributed by atoms with Crippen LogP contribution in [-0.2, 0) is 16.6 Å². The number of primary sulfonamides is 1. The van der Waals surface area contributed by atoms with Crippen LogP contribution in [-0.4, -0.2) is 39.9 Å².